The van der Waals surface area contributed by atoms with E-state index in [0.717, 1.165) is 0 Å². The van der Waals surface area contributed by atoms with Gasteiger partial charge in [-0.1, -0.05) is 32.0 Å². The van der Waals surface area contributed by atoms with Crippen LogP contribution in [0, 0.1) is 19.7 Å². The van der Waals surface area contributed by atoms with Crippen LogP contribution in [0.1, 0.15) is 30.8 Å². The number of rotatable bonds is 8. The molecule has 9 heteroatoms. The van der Waals surface area contributed by atoms with Gasteiger partial charge in [0.05, 0.1) is 11.4 Å². The van der Waals surface area contributed by atoms with Crippen molar-refractivity contribution in [2.75, 3.05) is 20.1 Å². The summed E-state index contributed by atoms with van der Waals surface area (Å²) < 4.78 is 42.3. The highest BCUT2D eigenvalue weighted by molar-refractivity contribution is 7.89. The Hall–Kier alpha value is -2.26. The SMILES string of the molecule is CCN(CC)S(=O)(=O)c1c(C)nn(CC(=O)N(C)Cc2ccccc2F)c1C. The molecule has 0 fully saturated rings. The fourth-order valence-corrected chi connectivity index (χ4v) is 4.95. The number of aromatic nitrogens is 2. The number of likely N-dealkylation sites (N-methyl/N-ethyl adjacent to an activating group) is 1. The molecule has 1 amide bonds. The standard InChI is InChI=1S/C19H27FN4O3S/c1-6-23(7-2)28(26,27)19-14(3)21-24(15(19)4)13-18(25)22(5)12-16-10-8-9-11-17(16)20/h8-11H,6-7,12-13H2,1-5H3. The van der Waals surface area contributed by atoms with E-state index in [-0.39, 0.29) is 29.7 Å². The molecule has 1 aromatic carbocycles. The number of carbonyl (C=O) groups is 1. The summed E-state index contributed by atoms with van der Waals surface area (Å²) >= 11 is 0. The lowest BCUT2D eigenvalue weighted by atomic mass is 10.2. The third-order valence-electron chi connectivity index (χ3n) is 4.69. The average Bonchev–Trinajstić information content (AvgIpc) is 2.91. The number of hydrogen-bond acceptors (Lipinski definition) is 4. The van der Waals surface area contributed by atoms with Crippen LogP contribution in [0.4, 0.5) is 4.39 Å². The first-order valence-corrected chi connectivity index (χ1v) is 10.6. The van der Waals surface area contributed by atoms with Gasteiger partial charge in [-0.2, -0.15) is 9.40 Å². The summed E-state index contributed by atoms with van der Waals surface area (Å²) in [5.74, 6) is -0.665. The van der Waals surface area contributed by atoms with Crippen molar-refractivity contribution in [1.82, 2.24) is 19.0 Å². The van der Waals surface area contributed by atoms with Crippen LogP contribution in [0.5, 0.6) is 0 Å². The fraction of sp³-hybridized carbons (Fsp3) is 0.474. The van der Waals surface area contributed by atoms with Crippen LogP contribution < -0.4 is 0 Å². The maximum Gasteiger partial charge on any atom is 0.246 e. The van der Waals surface area contributed by atoms with Gasteiger partial charge >= 0.3 is 0 Å². The summed E-state index contributed by atoms with van der Waals surface area (Å²) in [6.07, 6.45) is 0. The molecule has 0 saturated heterocycles. The summed E-state index contributed by atoms with van der Waals surface area (Å²) in [6.45, 7) is 7.52. The lowest BCUT2D eigenvalue weighted by molar-refractivity contribution is -0.131. The molecule has 28 heavy (non-hydrogen) atoms. The largest absolute Gasteiger partial charge is 0.340 e. The van der Waals surface area contributed by atoms with E-state index in [0.29, 0.717) is 30.0 Å². The summed E-state index contributed by atoms with van der Waals surface area (Å²) in [5.41, 5.74) is 1.18. The molecule has 0 atom stereocenters. The number of sulfonamides is 1. The Kier molecular flexibility index (Phi) is 6.95. The van der Waals surface area contributed by atoms with Crippen molar-refractivity contribution in [1.29, 1.82) is 0 Å². The molecule has 154 valence electrons. The van der Waals surface area contributed by atoms with Gasteiger partial charge in [0.1, 0.15) is 17.3 Å². The molecule has 0 bridgehead atoms. The van der Waals surface area contributed by atoms with Crippen LogP contribution in [-0.2, 0) is 27.9 Å². The minimum absolute atomic E-state index is 0.120. The van der Waals surface area contributed by atoms with Crippen LogP contribution in [-0.4, -0.2) is 53.4 Å². The van der Waals surface area contributed by atoms with Crippen molar-refractivity contribution >= 4 is 15.9 Å². The van der Waals surface area contributed by atoms with E-state index in [4.69, 9.17) is 0 Å². The molecule has 0 radical (unpaired) electrons. The molecular weight excluding hydrogens is 383 g/mol. The second-order valence-electron chi connectivity index (χ2n) is 6.59. The highest BCUT2D eigenvalue weighted by Crippen LogP contribution is 2.23. The number of aryl methyl sites for hydroxylation is 1. The van der Waals surface area contributed by atoms with E-state index in [2.05, 4.69) is 5.10 Å². The lowest BCUT2D eigenvalue weighted by Gasteiger charge is -2.19. The molecule has 2 aromatic rings. The number of nitrogens with zero attached hydrogens (tertiary/aromatic N) is 4. The quantitative estimate of drug-likeness (QED) is 0.669. The highest BCUT2D eigenvalue weighted by atomic mass is 32.2. The number of benzene rings is 1. The monoisotopic (exact) mass is 410 g/mol. The Balaban J connectivity index is 2.23. The molecule has 0 spiro atoms. The molecule has 0 N–H and O–H groups in total. The van der Waals surface area contributed by atoms with Gasteiger partial charge in [0, 0.05) is 32.2 Å². The zero-order chi connectivity index (χ0) is 21.1. The van der Waals surface area contributed by atoms with Crippen molar-refractivity contribution in [2.24, 2.45) is 0 Å². The second-order valence-corrected chi connectivity index (χ2v) is 8.46. The smallest absolute Gasteiger partial charge is 0.246 e. The first-order valence-electron chi connectivity index (χ1n) is 9.14. The fourth-order valence-electron chi connectivity index (χ4n) is 3.12. The van der Waals surface area contributed by atoms with Crippen LogP contribution in [0.3, 0.4) is 0 Å². The van der Waals surface area contributed by atoms with Gasteiger partial charge in [-0.05, 0) is 19.9 Å². The molecule has 1 heterocycles. The van der Waals surface area contributed by atoms with E-state index >= 15 is 0 Å². The van der Waals surface area contributed by atoms with E-state index in [1.54, 1.807) is 52.9 Å². The Morgan fingerprint density at radius 1 is 1.18 bits per heavy atom. The molecule has 0 aliphatic rings. The third-order valence-corrected chi connectivity index (χ3v) is 7.00. The van der Waals surface area contributed by atoms with Crippen molar-refractivity contribution in [3.8, 4) is 0 Å². The van der Waals surface area contributed by atoms with E-state index in [1.807, 2.05) is 0 Å². The number of halogens is 1. The predicted octanol–water partition coefficient (Wildman–Crippen LogP) is 2.33. The number of hydrogen-bond donors (Lipinski definition) is 0. The van der Waals surface area contributed by atoms with Crippen molar-refractivity contribution < 1.29 is 17.6 Å². The van der Waals surface area contributed by atoms with E-state index in [1.165, 1.54) is 20.0 Å². The summed E-state index contributed by atoms with van der Waals surface area (Å²) in [4.78, 5) is 14.1. The molecule has 0 unspecified atom stereocenters. The summed E-state index contributed by atoms with van der Waals surface area (Å²) in [5, 5.41) is 4.26. The third kappa shape index (κ3) is 4.41. The summed E-state index contributed by atoms with van der Waals surface area (Å²) in [7, 11) is -2.10. The van der Waals surface area contributed by atoms with Crippen LogP contribution in [0.15, 0.2) is 29.2 Å². The Morgan fingerprint density at radius 3 is 2.36 bits per heavy atom. The minimum Gasteiger partial charge on any atom is -0.340 e. The average molecular weight is 411 g/mol. The first-order chi connectivity index (χ1) is 13.1. The van der Waals surface area contributed by atoms with Gasteiger partial charge in [-0.25, -0.2) is 12.8 Å². The Bertz CT molecular complexity index is 952. The molecule has 0 aliphatic carbocycles. The normalized spacial score (nSPS) is 11.8. The maximum atomic E-state index is 13.8. The zero-order valence-electron chi connectivity index (χ0n) is 16.9. The molecule has 1 aromatic heterocycles. The van der Waals surface area contributed by atoms with E-state index in [9.17, 15) is 17.6 Å². The van der Waals surface area contributed by atoms with Gasteiger partial charge in [0.15, 0.2) is 0 Å². The topological polar surface area (TPSA) is 75.5 Å². The molecular formula is C19H27FN4O3S. The molecule has 0 aliphatic heterocycles. The predicted molar refractivity (Wildman–Crippen MR) is 105 cm³/mol. The van der Waals surface area contributed by atoms with Crippen molar-refractivity contribution in [3.05, 3.63) is 47.0 Å². The zero-order valence-corrected chi connectivity index (χ0v) is 17.8. The maximum absolute atomic E-state index is 13.8. The van der Waals surface area contributed by atoms with Crippen LogP contribution in [0.2, 0.25) is 0 Å². The Labute approximate surface area is 165 Å². The molecule has 0 saturated carbocycles. The lowest BCUT2D eigenvalue weighted by Crippen LogP contribution is -2.32. The first kappa shape index (κ1) is 22.0. The van der Waals surface area contributed by atoms with Crippen molar-refractivity contribution in [2.45, 2.75) is 45.7 Å². The van der Waals surface area contributed by atoms with Gasteiger partial charge in [0.25, 0.3) is 0 Å². The van der Waals surface area contributed by atoms with E-state index < -0.39 is 10.0 Å². The van der Waals surface area contributed by atoms with Crippen LogP contribution in [0.25, 0.3) is 0 Å². The van der Waals surface area contributed by atoms with Crippen LogP contribution >= 0.6 is 0 Å². The molecule has 2 rings (SSSR count). The molecule has 7 nitrogen and oxygen atoms in total. The minimum atomic E-state index is -3.68. The summed E-state index contributed by atoms with van der Waals surface area (Å²) in [6, 6.07) is 6.27. The Morgan fingerprint density at radius 2 is 1.79 bits per heavy atom. The number of carbonyl (C=O) groups excluding carboxylic acids is 1. The van der Waals surface area contributed by atoms with Gasteiger partial charge in [-0.3, -0.25) is 9.48 Å². The number of amides is 1. The van der Waals surface area contributed by atoms with Gasteiger partial charge in [-0.15, -0.1) is 0 Å². The van der Waals surface area contributed by atoms with Gasteiger partial charge in [0.2, 0.25) is 15.9 Å². The van der Waals surface area contributed by atoms with Crippen molar-refractivity contribution in [3.63, 3.8) is 0 Å². The second kappa shape index (κ2) is 8.83. The van der Waals surface area contributed by atoms with Gasteiger partial charge < -0.3 is 4.90 Å². The highest BCUT2D eigenvalue weighted by Gasteiger charge is 2.29.